The third kappa shape index (κ3) is 11.1. The predicted octanol–water partition coefficient (Wildman–Crippen LogP) is -4.92. The van der Waals surface area contributed by atoms with Gasteiger partial charge in [-0.15, -0.1) is 0 Å². The van der Waals surface area contributed by atoms with E-state index in [2.05, 4.69) is 0 Å². The fraction of sp³-hybridized carbons (Fsp3) is 0.800. The van der Waals surface area contributed by atoms with Gasteiger partial charge in [-0.05, 0) is 38.5 Å². The molecule has 3 aliphatic heterocycles. The third-order valence-corrected chi connectivity index (χ3v) is 3.59. The van der Waals surface area contributed by atoms with E-state index in [9.17, 15) is 24.6 Å². The summed E-state index contributed by atoms with van der Waals surface area (Å²) in [6, 6.07) is 0. The van der Waals surface area contributed by atoms with Crippen LogP contribution in [0.2, 0.25) is 0 Å². The van der Waals surface area contributed by atoms with Crippen molar-refractivity contribution < 1.29 is 78.0 Å². The van der Waals surface area contributed by atoms with Crippen LogP contribution in [0.5, 0.6) is 0 Å². The summed E-state index contributed by atoms with van der Waals surface area (Å²) in [4.78, 5) is 30.0. The third-order valence-electron chi connectivity index (χ3n) is 3.59. The molecule has 0 spiro atoms. The molecular weight excluding hydrogens is 407 g/mol. The van der Waals surface area contributed by atoms with E-state index in [0.717, 1.165) is 19.3 Å². The Morgan fingerprint density at radius 2 is 1.04 bits per heavy atom. The number of aliphatic carboxylic acids is 3. The van der Waals surface area contributed by atoms with Crippen molar-refractivity contribution in [2.75, 3.05) is 19.8 Å². The Morgan fingerprint density at radius 1 is 0.731 bits per heavy atom. The largest absolute Gasteiger partial charge is 3.00 e. The number of halogens is 1. The summed E-state index contributed by atoms with van der Waals surface area (Å²) in [5.41, 5.74) is 0. The molecule has 3 unspecified atom stereocenters. The molecule has 0 aromatic heterocycles. The van der Waals surface area contributed by atoms with Crippen molar-refractivity contribution in [3.8, 4) is 0 Å². The van der Waals surface area contributed by atoms with Crippen LogP contribution in [0.15, 0.2) is 0 Å². The first-order valence-electron chi connectivity index (χ1n) is 7.91. The van der Waals surface area contributed by atoms with E-state index >= 15 is 0 Å². The van der Waals surface area contributed by atoms with Crippen LogP contribution in [-0.2, 0) is 50.3 Å². The van der Waals surface area contributed by atoms with Crippen LogP contribution in [-0.4, -0.2) is 61.1 Å². The van der Waals surface area contributed by atoms with Crippen LogP contribution in [0.1, 0.15) is 38.5 Å². The fourth-order valence-corrected chi connectivity index (χ4v) is 2.30. The number of ether oxygens (including phenoxy) is 3. The first-order chi connectivity index (χ1) is 11.4. The Balaban J connectivity index is 0. The minimum atomic E-state index is -1.08. The molecule has 3 rings (SSSR count). The van der Waals surface area contributed by atoms with Crippen molar-refractivity contribution in [2.24, 2.45) is 0 Å². The molecule has 3 fully saturated rings. The Hall–Kier alpha value is -0.706. The van der Waals surface area contributed by atoms with Gasteiger partial charge in [0.05, 0.1) is 24.1 Å². The molecule has 3 atom stereocenters. The molecule has 3 aliphatic rings. The number of carboxylic acids is 3. The van der Waals surface area contributed by atoms with E-state index in [0.29, 0.717) is 39.1 Å². The molecule has 147 valence electrons. The number of carbonyl (C=O) groups is 3. The smallest absolute Gasteiger partial charge is 1.00 e. The molecule has 3 heterocycles. The number of carboxylic acid groups (broad SMARTS) is 3. The second-order valence-corrected chi connectivity index (χ2v) is 5.48. The van der Waals surface area contributed by atoms with Gasteiger partial charge in [-0.25, -0.2) is 4.79 Å². The quantitative estimate of drug-likeness (QED) is 0.436. The number of hydrogen-bond acceptors (Lipinski definition) is 8. The monoisotopic (exact) mass is 429 g/mol. The van der Waals surface area contributed by atoms with Gasteiger partial charge in [0.1, 0.15) is 0 Å². The average Bonchev–Trinajstić information content (AvgIpc) is 3.29. The van der Waals surface area contributed by atoms with E-state index < -0.39 is 36.2 Å². The molecule has 1 N–H and O–H groups in total. The van der Waals surface area contributed by atoms with E-state index in [4.69, 9.17) is 19.3 Å². The topological polar surface area (TPSA) is 145 Å². The summed E-state index contributed by atoms with van der Waals surface area (Å²) in [5.74, 6) is -2.99. The summed E-state index contributed by atoms with van der Waals surface area (Å²) < 4.78 is 14.3. The van der Waals surface area contributed by atoms with Crippen LogP contribution < -0.4 is 22.6 Å². The molecular formula is C15H22ClO9Ti. The van der Waals surface area contributed by atoms with Gasteiger partial charge in [0, 0.05) is 19.8 Å². The number of carbonyl (C=O) groups excluding carboxylic acids is 2. The molecule has 0 aliphatic carbocycles. The molecule has 0 saturated carbocycles. The van der Waals surface area contributed by atoms with Crippen molar-refractivity contribution in [1.82, 2.24) is 0 Å². The van der Waals surface area contributed by atoms with Crippen LogP contribution >= 0.6 is 0 Å². The Labute approximate surface area is 172 Å². The van der Waals surface area contributed by atoms with E-state index in [1.54, 1.807) is 0 Å². The zero-order valence-electron chi connectivity index (χ0n) is 14.2. The van der Waals surface area contributed by atoms with Crippen LogP contribution in [0.25, 0.3) is 0 Å². The van der Waals surface area contributed by atoms with Crippen LogP contribution in [0.4, 0.5) is 0 Å². The van der Waals surface area contributed by atoms with Crippen LogP contribution in [0.3, 0.4) is 0 Å². The summed E-state index contributed by atoms with van der Waals surface area (Å²) in [5, 5.41) is 28.2. The zero-order valence-corrected chi connectivity index (χ0v) is 16.5. The van der Waals surface area contributed by atoms with Gasteiger partial charge in [0.15, 0.2) is 6.10 Å². The summed E-state index contributed by atoms with van der Waals surface area (Å²) in [6.07, 6.45) is 2.70. The van der Waals surface area contributed by atoms with Gasteiger partial charge in [-0.2, -0.15) is 0 Å². The minimum absolute atomic E-state index is 0. The summed E-state index contributed by atoms with van der Waals surface area (Å²) >= 11 is 0. The second kappa shape index (κ2) is 15.4. The first-order valence-corrected chi connectivity index (χ1v) is 7.91. The van der Waals surface area contributed by atoms with Gasteiger partial charge in [-0.3, -0.25) is 0 Å². The Bertz CT molecular complexity index is 356. The van der Waals surface area contributed by atoms with Crippen molar-refractivity contribution in [2.45, 2.75) is 56.8 Å². The van der Waals surface area contributed by atoms with Crippen molar-refractivity contribution in [3.05, 3.63) is 0 Å². The first kappa shape index (κ1) is 27.5. The Kier molecular flexibility index (Phi) is 16.3. The standard InChI is InChI=1S/3C5H8O3.ClH.Ti/c3*6-5(7)4-2-1-3-8-4;;/h3*4H,1-3H2,(H,6,7);1H;/q;;;;+3/p-3. The van der Waals surface area contributed by atoms with Gasteiger partial charge in [0.2, 0.25) is 0 Å². The molecule has 9 nitrogen and oxygen atoms in total. The zero-order chi connectivity index (χ0) is 17.9. The fourth-order valence-electron chi connectivity index (χ4n) is 2.30. The Morgan fingerprint density at radius 3 is 1.15 bits per heavy atom. The number of rotatable bonds is 3. The van der Waals surface area contributed by atoms with Gasteiger partial charge in [0.25, 0.3) is 0 Å². The SMILES string of the molecule is O=C(O)C1CCCO1.O=C([O-])C1CCCO1.O=C([O-])C1CCCO1.[Cl-].[Ti+3]. The maximum absolute atomic E-state index is 10.1. The van der Waals surface area contributed by atoms with Gasteiger partial charge < -0.3 is 51.5 Å². The minimum Gasteiger partial charge on any atom is -1.00 e. The van der Waals surface area contributed by atoms with E-state index in [-0.39, 0.29) is 34.1 Å². The molecule has 0 amide bonds. The number of hydrogen-bond donors (Lipinski definition) is 1. The van der Waals surface area contributed by atoms with Gasteiger partial charge in [-0.1, -0.05) is 0 Å². The van der Waals surface area contributed by atoms with Gasteiger partial charge >= 0.3 is 27.7 Å². The van der Waals surface area contributed by atoms with Crippen molar-refractivity contribution >= 4 is 17.9 Å². The average molecular weight is 430 g/mol. The molecule has 1 radical (unpaired) electrons. The molecule has 0 aromatic carbocycles. The maximum atomic E-state index is 10.1. The molecule has 3 saturated heterocycles. The van der Waals surface area contributed by atoms with E-state index in [1.165, 1.54) is 0 Å². The normalized spacial score (nSPS) is 26.1. The molecule has 0 aromatic rings. The molecule has 11 heteroatoms. The second-order valence-electron chi connectivity index (χ2n) is 5.48. The maximum Gasteiger partial charge on any atom is 3.00 e. The van der Waals surface area contributed by atoms with Crippen molar-refractivity contribution in [3.63, 3.8) is 0 Å². The predicted molar refractivity (Wildman–Crippen MR) is 74.6 cm³/mol. The van der Waals surface area contributed by atoms with Crippen molar-refractivity contribution in [1.29, 1.82) is 0 Å². The molecule has 0 bridgehead atoms. The van der Waals surface area contributed by atoms with Crippen LogP contribution in [0, 0.1) is 0 Å². The summed E-state index contributed by atoms with van der Waals surface area (Å²) in [6.45, 7) is 1.74. The van der Waals surface area contributed by atoms with E-state index in [1.807, 2.05) is 0 Å². The summed E-state index contributed by atoms with van der Waals surface area (Å²) in [7, 11) is 0. The molecule has 26 heavy (non-hydrogen) atoms.